The van der Waals surface area contributed by atoms with Crippen molar-refractivity contribution in [2.24, 2.45) is 0 Å². The summed E-state index contributed by atoms with van der Waals surface area (Å²) in [5, 5.41) is 0. The SMILES string of the molecule is CN1CCC(OC(=O)/C=C\C(=O)OC2(c3ccc(F)cc3)CCN(C)CC2c2ccccc2F)(c2ccc(F)cc2)C(c2ccccc2F)C1. The lowest BCUT2D eigenvalue weighted by Crippen LogP contribution is -2.50. The van der Waals surface area contributed by atoms with E-state index in [1.807, 2.05) is 23.9 Å². The Balaban J connectivity index is 1.33. The summed E-state index contributed by atoms with van der Waals surface area (Å²) in [6.07, 6.45) is 2.44. The number of esters is 2. The van der Waals surface area contributed by atoms with Gasteiger partial charge in [-0.05, 0) is 72.7 Å². The molecule has 2 saturated heterocycles. The van der Waals surface area contributed by atoms with E-state index in [2.05, 4.69) is 0 Å². The van der Waals surface area contributed by atoms with Crippen molar-refractivity contribution in [1.82, 2.24) is 9.80 Å². The van der Waals surface area contributed by atoms with E-state index in [1.54, 1.807) is 36.4 Å². The fourth-order valence-corrected chi connectivity index (χ4v) is 7.46. The lowest BCUT2D eigenvalue weighted by molar-refractivity contribution is -0.166. The summed E-state index contributed by atoms with van der Waals surface area (Å²) >= 11 is 0. The molecular formula is C40H38F4N2O4. The van der Waals surface area contributed by atoms with Crippen LogP contribution in [0.3, 0.4) is 0 Å². The molecule has 0 saturated carbocycles. The van der Waals surface area contributed by atoms with Crippen molar-refractivity contribution in [3.63, 3.8) is 0 Å². The van der Waals surface area contributed by atoms with Crippen molar-refractivity contribution in [1.29, 1.82) is 0 Å². The molecule has 0 aromatic heterocycles. The van der Waals surface area contributed by atoms with Gasteiger partial charge in [-0.25, -0.2) is 27.2 Å². The summed E-state index contributed by atoms with van der Waals surface area (Å²) in [4.78, 5) is 31.3. The molecule has 0 spiro atoms. The van der Waals surface area contributed by atoms with Crippen LogP contribution in [-0.2, 0) is 30.3 Å². The zero-order valence-electron chi connectivity index (χ0n) is 27.8. The van der Waals surface area contributed by atoms with Crippen LogP contribution >= 0.6 is 0 Å². The number of nitrogens with zero attached hydrogens (tertiary/aromatic N) is 2. The van der Waals surface area contributed by atoms with Crippen molar-refractivity contribution in [3.05, 3.63) is 155 Å². The van der Waals surface area contributed by atoms with Gasteiger partial charge < -0.3 is 19.3 Å². The maximum absolute atomic E-state index is 15.3. The predicted molar refractivity (Wildman–Crippen MR) is 180 cm³/mol. The Morgan fingerprint density at radius 3 is 1.32 bits per heavy atom. The van der Waals surface area contributed by atoms with Gasteiger partial charge in [-0.2, -0.15) is 0 Å². The Bertz CT molecular complexity index is 1730. The molecule has 2 fully saturated rings. The molecule has 0 amide bonds. The van der Waals surface area contributed by atoms with Gasteiger partial charge in [0.1, 0.15) is 34.5 Å². The lowest BCUT2D eigenvalue weighted by atomic mass is 9.72. The predicted octanol–water partition coefficient (Wildman–Crippen LogP) is 7.22. The maximum Gasteiger partial charge on any atom is 0.331 e. The summed E-state index contributed by atoms with van der Waals surface area (Å²) in [6.45, 7) is 1.66. The number of piperidine rings is 2. The Kier molecular flexibility index (Phi) is 10.2. The fourth-order valence-electron chi connectivity index (χ4n) is 7.46. The second-order valence-electron chi connectivity index (χ2n) is 13.1. The van der Waals surface area contributed by atoms with Crippen molar-refractivity contribution in [2.75, 3.05) is 40.3 Å². The second kappa shape index (κ2) is 14.6. The van der Waals surface area contributed by atoms with E-state index in [9.17, 15) is 18.4 Å². The number of halogens is 4. The molecule has 4 aromatic rings. The molecule has 6 rings (SSSR count). The molecule has 2 heterocycles. The molecule has 260 valence electrons. The van der Waals surface area contributed by atoms with Gasteiger partial charge in [0.2, 0.25) is 0 Å². The van der Waals surface area contributed by atoms with Crippen LogP contribution in [0.4, 0.5) is 17.6 Å². The van der Waals surface area contributed by atoms with E-state index >= 15 is 8.78 Å². The molecule has 0 N–H and O–H groups in total. The first-order valence-corrected chi connectivity index (χ1v) is 16.5. The molecule has 10 heteroatoms. The lowest BCUT2D eigenvalue weighted by Gasteiger charge is -2.47. The quantitative estimate of drug-likeness (QED) is 0.111. The Hall–Kier alpha value is -4.80. The largest absolute Gasteiger partial charge is 0.450 e. The highest BCUT2D eigenvalue weighted by molar-refractivity contribution is 5.92. The van der Waals surface area contributed by atoms with Crippen molar-refractivity contribution in [3.8, 4) is 0 Å². The summed E-state index contributed by atoms with van der Waals surface area (Å²) < 4.78 is 71.1. The van der Waals surface area contributed by atoms with E-state index in [0.717, 1.165) is 12.2 Å². The molecule has 0 bridgehead atoms. The van der Waals surface area contributed by atoms with E-state index in [4.69, 9.17) is 9.47 Å². The van der Waals surface area contributed by atoms with Gasteiger partial charge in [0.15, 0.2) is 0 Å². The standard InChI is InChI=1S/C40H38F4N2O4/c1-45-23-21-39(27-11-15-29(41)16-12-27,33(25-45)31-7-3-5-9-35(31)43)49-37(47)19-20-38(48)50-40(28-13-17-30(42)18-14-28)22-24-46(2)26-34(40)32-8-4-6-10-36(32)44/h3-20,33-34H,21-26H2,1-2H3/b20-19-. The van der Waals surface area contributed by atoms with E-state index < -0.39 is 58.2 Å². The normalized spacial score (nSPS) is 24.6. The Labute approximate surface area is 288 Å². The van der Waals surface area contributed by atoms with Crippen LogP contribution in [0, 0.1) is 23.3 Å². The third kappa shape index (κ3) is 7.09. The zero-order valence-corrected chi connectivity index (χ0v) is 27.8. The molecule has 50 heavy (non-hydrogen) atoms. The highest BCUT2D eigenvalue weighted by atomic mass is 19.1. The Morgan fingerprint density at radius 2 is 0.960 bits per heavy atom. The first kappa shape index (κ1) is 35.0. The van der Waals surface area contributed by atoms with Crippen LogP contribution in [-0.4, -0.2) is 62.0 Å². The van der Waals surface area contributed by atoms with Crippen LogP contribution in [0.25, 0.3) is 0 Å². The molecule has 0 aliphatic carbocycles. The average molecular weight is 687 g/mol. The first-order valence-electron chi connectivity index (χ1n) is 16.5. The number of carbonyl (C=O) groups excluding carboxylic acids is 2. The number of rotatable bonds is 8. The number of likely N-dealkylation sites (tertiary alicyclic amines) is 2. The zero-order chi connectivity index (χ0) is 35.5. The number of hydrogen-bond donors (Lipinski definition) is 0. The summed E-state index contributed by atoms with van der Waals surface area (Å²) in [5.41, 5.74) is -1.15. The third-order valence-electron chi connectivity index (χ3n) is 9.99. The van der Waals surface area contributed by atoms with Gasteiger partial charge in [-0.15, -0.1) is 0 Å². The fraction of sp³-hybridized carbons (Fsp3) is 0.300. The second-order valence-corrected chi connectivity index (χ2v) is 13.1. The highest BCUT2D eigenvalue weighted by Crippen LogP contribution is 2.48. The van der Waals surface area contributed by atoms with Crippen LogP contribution < -0.4 is 0 Å². The van der Waals surface area contributed by atoms with Crippen LogP contribution in [0.5, 0.6) is 0 Å². The van der Waals surface area contributed by atoms with Crippen LogP contribution in [0.15, 0.2) is 109 Å². The molecule has 4 unspecified atom stereocenters. The van der Waals surface area contributed by atoms with E-state index in [-0.39, 0.29) is 12.8 Å². The number of ether oxygens (including phenoxy) is 2. The van der Waals surface area contributed by atoms with Crippen molar-refractivity contribution in [2.45, 2.75) is 35.9 Å². The van der Waals surface area contributed by atoms with E-state index in [1.165, 1.54) is 60.7 Å². The molecule has 4 aromatic carbocycles. The number of hydrogen-bond acceptors (Lipinski definition) is 6. The average Bonchev–Trinajstić information content (AvgIpc) is 3.10. The minimum Gasteiger partial charge on any atom is -0.450 e. The minimum atomic E-state index is -1.40. The number of benzene rings is 4. The number of likely N-dealkylation sites (N-methyl/N-ethyl adjacent to an activating group) is 2. The third-order valence-corrected chi connectivity index (χ3v) is 9.99. The van der Waals surface area contributed by atoms with Crippen molar-refractivity contribution < 1.29 is 36.6 Å². The van der Waals surface area contributed by atoms with Gasteiger partial charge in [0, 0.05) is 63.0 Å². The highest BCUT2D eigenvalue weighted by Gasteiger charge is 2.50. The minimum absolute atomic E-state index is 0.268. The van der Waals surface area contributed by atoms with Crippen molar-refractivity contribution >= 4 is 11.9 Å². The Morgan fingerprint density at radius 1 is 0.600 bits per heavy atom. The molecule has 2 aliphatic rings. The van der Waals surface area contributed by atoms with Gasteiger partial charge in [-0.3, -0.25) is 0 Å². The number of carbonyl (C=O) groups is 2. The maximum atomic E-state index is 15.3. The molecule has 4 atom stereocenters. The van der Waals surface area contributed by atoms with Gasteiger partial charge >= 0.3 is 11.9 Å². The van der Waals surface area contributed by atoms with Crippen LogP contribution in [0.2, 0.25) is 0 Å². The molecular weight excluding hydrogens is 648 g/mol. The topological polar surface area (TPSA) is 59.1 Å². The molecule has 2 aliphatic heterocycles. The van der Waals surface area contributed by atoms with E-state index in [0.29, 0.717) is 48.4 Å². The monoisotopic (exact) mass is 686 g/mol. The van der Waals surface area contributed by atoms with Gasteiger partial charge in [-0.1, -0.05) is 60.7 Å². The summed E-state index contributed by atoms with van der Waals surface area (Å²) in [6, 6.07) is 23.6. The van der Waals surface area contributed by atoms with Gasteiger partial charge in [0.25, 0.3) is 0 Å². The molecule has 6 nitrogen and oxygen atoms in total. The smallest absolute Gasteiger partial charge is 0.331 e. The summed E-state index contributed by atoms with van der Waals surface area (Å²) in [5.74, 6) is -5.01. The first-order chi connectivity index (χ1) is 24.0. The van der Waals surface area contributed by atoms with Crippen LogP contribution in [0.1, 0.15) is 46.9 Å². The molecule has 0 radical (unpaired) electrons. The van der Waals surface area contributed by atoms with Gasteiger partial charge in [0.05, 0.1) is 0 Å². The summed E-state index contributed by atoms with van der Waals surface area (Å²) in [7, 11) is 3.77.